The van der Waals surface area contributed by atoms with Gasteiger partial charge < -0.3 is 9.88 Å². The quantitative estimate of drug-likeness (QED) is 0.886. The van der Waals surface area contributed by atoms with Gasteiger partial charge in [-0.1, -0.05) is 0 Å². The third-order valence-electron chi connectivity index (χ3n) is 3.51. The highest BCUT2D eigenvalue weighted by atomic mass is 16.2. The van der Waals surface area contributed by atoms with Crippen LogP contribution in [0.15, 0.2) is 24.4 Å². The van der Waals surface area contributed by atoms with Crippen molar-refractivity contribution in [3.8, 4) is 0 Å². The molecule has 0 saturated carbocycles. The third kappa shape index (κ3) is 4.11. The second-order valence-electron chi connectivity index (χ2n) is 5.44. The summed E-state index contributed by atoms with van der Waals surface area (Å²) in [6.07, 6.45) is 3.87. The zero-order valence-electron chi connectivity index (χ0n) is 13.1. The summed E-state index contributed by atoms with van der Waals surface area (Å²) in [5.41, 5.74) is 2.15. The van der Waals surface area contributed by atoms with E-state index >= 15 is 0 Å². The van der Waals surface area contributed by atoms with Crippen LogP contribution >= 0.6 is 0 Å². The molecule has 0 aliphatic heterocycles. The molecule has 2 aromatic heterocycles. The van der Waals surface area contributed by atoms with E-state index in [1.54, 1.807) is 11.7 Å². The Hall–Kier alpha value is -2.24. The molecule has 2 rings (SSSR count). The average molecular weight is 289 g/mol. The fourth-order valence-electron chi connectivity index (χ4n) is 2.30. The average Bonchev–Trinajstić information content (AvgIpc) is 2.93. The van der Waals surface area contributed by atoms with Crippen molar-refractivity contribution < 1.29 is 4.79 Å². The van der Waals surface area contributed by atoms with E-state index in [9.17, 15) is 4.79 Å². The van der Waals surface area contributed by atoms with E-state index in [4.69, 9.17) is 0 Å². The van der Waals surface area contributed by atoms with Crippen LogP contribution in [0.25, 0.3) is 0 Å². The number of hydrogen-bond donors (Lipinski definition) is 2. The number of urea groups is 1. The first kappa shape index (κ1) is 15.2. The number of rotatable bonds is 5. The summed E-state index contributed by atoms with van der Waals surface area (Å²) in [5, 5.41) is 9.95. The van der Waals surface area contributed by atoms with Gasteiger partial charge in [-0.15, -0.1) is 0 Å². The Bertz CT molecular complexity index is 613. The Kier molecular flexibility index (Phi) is 4.67. The van der Waals surface area contributed by atoms with E-state index in [0.29, 0.717) is 5.82 Å². The Balaban J connectivity index is 1.79. The topological polar surface area (TPSA) is 63.9 Å². The minimum atomic E-state index is -0.197. The number of anilines is 1. The van der Waals surface area contributed by atoms with Crippen molar-refractivity contribution in [1.29, 1.82) is 0 Å². The van der Waals surface area contributed by atoms with Crippen LogP contribution in [-0.4, -0.2) is 26.4 Å². The minimum Gasteiger partial charge on any atom is -0.354 e. The molecular weight excluding hydrogens is 266 g/mol. The maximum absolute atomic E-state index is 11.9. The van der Waals surface area contributed by atoms with Gasteiger partial charge in [-0.2, -0.15) is 5.10 Å². The summed E-state index contributed by atoms with van der Waals surface area (Å²) in [6.45, 7) is 3.91. The van der Waals surface area contributed by atoms with Gasteiger partial charge in [0.15, 0.2) is 0 Å². The lowest BCUT2D eigenvalue weighted by molar-refractivity contribution is 0.248. The molecule has 0 aliphatic rings. The van der Waals surface area contributed by atoms with E-state index < -0.39 is 0 Å². The van der Waals surface area contributed by atoms with Crippen LogP contribution in [0, 0.1) is 6.92 Å². The fraction of sp³-hybridized carbons (Fsp3) is 0.467. The molecule has 0 aromatic carbocycles. The molecule has 0 spiro atoms. The normalized spacial score (nSPS) is 12.2. The maximum atomic E-state index is 11.9. The van der Waals surface area contributed by atoms with Crippen molar-refractivity contribution in [3.63, 3.8) is 0 Å². The monoisotopic (exact) mass is 289 g/mol. The number of carbonyl (C=O) groups is 1. The van der Waals surface area contributed by atoms with Gasteiger partial charge in [-0.3, -0.25) is 10.00 Å². The first-order valence-electron chi connectivity index (χ1n) is 7.14. The van der Waals surface area contributed by atoms with Crippen molar-refractivity contribution >= 4 is 11.8 Å². The van der Waals surface area contributed by atoms with E-state index in [0.717, 1.165) is 18.5 Å². The predicted octanol–water partition coefficient (Wildman–Crippen LogP) is 2.21. The van der Waals surface area contributed by atoms with Crippen molar-refractivity contribution in [2.75, 3.05) is 5.32 Å². The molecule has 2 amide bonds. The van der Waals surface area contributed by atoms with Gasteiger partial charge in [0, 0.05) is 38.1 Å². The molecule has 2 N–H and O–H groups in total. The second kappa shape index (κ2) is 6.47. The second-order valence-corrected chi connectivity index (χ2v) is 5.44. The molecule has 1 atom stereocenters. The van der Waals surface area contributed by atoms with Gasteiger partial charge in [0.2, 0.25) is 0 Å². The Morgan fingerprint density at radius 1 is 1.43 bits per heavy atom. The van der Waals surface area contributed by atoms with Crippen molar-refractivity contribution in [2.24, 2.45) is 14.1 Å². The van der Waals surface area contributed by atoms with Gasteiger partial charge in [-0.05, 0) is 38.8 Å². The summed E-state index contributed by atoms with van der Waals surface area (Å²) < 4.78 is 3.76. The van der Waals surface area contributed by atoms with Gasteiger partial charge in [0.05, 0.1) is 5.69 Å². The lowest BCUT2D eigenvalue weighted by Crippen LogP contribution is -2.36. The molecule has 6 heteroatoms. The van der Waals surface area contributed by atoms with Crippen molar-refractivity contribution in [1.82, 2.24) is 19.7 Å². The molecule has 0 bridgehead atoms. The van der Waals surface area contributed by atoms with Gasteiger partial charge >= 0.3 is 6.03 Å². The van der Waals surface area contributed by atoms with Gasteiger partial charge in [0.1, 0.15) is 5.82 Å². The summed E-state index contributed by atoms with van der Waals surface area (Å²) in [5.74, 6) is 0.694. The molecule has 2 heterocycles. The molecule has 0 saturated heterocycles. The van der Waals surface area contributed by atoms with Crippen molar-refractivity contribution in [3.05, 3.63) is 35.8 Å². The zero-order chi connectivity index (χ0) is 15.4. The van der Waals surface area contributed by atoms with E-state index in [1.807, 2.05) is 39.2 Å². The first-order valence-corrected chi connectivity index (χ1v) is 7.14. The lowest BCUT2D eigenvalue weighted by atomic mass is 10.1. The SMILES string of the molecule is Cc1cc(NC(=O)N[C@@H](C)CCc2cccn2C)n(C)n1. The van der Waals surface area contributed by atoms with Crippen LogP contribution in [0.4, 0.5) is 10.6 Å². The van der Waals surface area contributed by atoms with E-state index in [-0.39, 0.29) is 12.1 Å². The van der Waals surface area contributed by atoms with Crippen molar-refractivity contribution in [2.45, 2.75) is 32.7 Å². The standard InChI is InChI=1S/C15H23N5O/c1-11(7-8-13-6-5-9-19(13)3)16-15(21)17-14-10-12(2)18-20(14)4/h5-6,9-11H,7-8H2,1-4H3,(H2,16,17,21)/t11-/m0/s1. The molecule has 0 aliphatic carbocycles. The zero-order valence-corrected chi connectivity index (χ0v) is 13.1. The van der Waals surface area contributed by atoms with E-state index in [1.165, 1.54) is 5.69 Å². The number of nitrogens with zero attached hydrogens (tertiary/aromatic N) is 3. The number of amides is 2. The summed E-state index contributed by atoms with van der Waals surface area (Å²) in [6, 6.07) is 5.89. The highest BCUT2D eigenvalue weighted by Gasteiger charge is 2.10. The van der Waals surface area contributed by atoms with Gasteiger partial charge in [0.25, 0.3) is 0 Å². The van der Waals surface area contributed by atoms with Crippen LogP contribution in [0.3, 0.4) is 0 Å². The molecular formula is C15H23N5O. The van der Waals surface area contributed by atoms with Crippen LogP contribution in [0.2, 0.25) is 0 Å². The van der Waals surface area contributed by atoms with E-state index in [2.05, 4.69) is 26.4 Å². The molecule has 0 fully saturated rings. The minimum absolute atomic E-state index is 0.106. The van der Waals surface area contributed by atoms with Gasteiger partial charge in [-0.25, -0.2) is 4.79 Å². The van der Waals surface area contributed by atoms with Crippen LogP contribution in [0.1, 0.15) is 24.7 Å². The maximum Gasteiger partial charge on any atom is 0.320 e. The highest BCUT2D eigenvalue weighted by Crippen LogP contribution is 2.08. The van der Waals surface area contributed by atoms with Crippen LogP contribution in [-0.2, 0) is 20.5 Å². The number of carbonyl (C=O) groups excluding carboxylic acids is 1. The number of aryl methyl sites for hydroxylation is 4. The molecule has 0 radical (unpaired) electrons. The lowest BCUT2D eigenvalue weighted by Gasteiger charge is -2.15. The highest BCUT2D eigenvalue weighted by molar-refractivity contribution is 5.88. The number of aromatic nitrogens is 3. The number of hydrogen-bond acceptors (Lipinski definition) is 2. The Morgan fingerprint density at radius 2 is 2.19 bits per heavy atom. The van der Waals surface area contributed by atoms with Crippen LogP contribution in [0.5, 0.6) is 0 Å². The van der Waals surface area contributed by atoms with Crippen LogP contribution < -0.4 is 10.6 Å². The summed E-state index contributed by atoms with van der Waals surface area (Å²) >= 11 is 0. The number of nitrogens with one attached hydrogen (secondary N) is 2. The molecule has 21 heavy (non-hydrogen) atoms. The summed E-state index contributed by atoms with van der Waals surface area (Å²) in [4.78, 5) is 11.9. The Morgan fingerprint density at radius 3 is 2.76 bits per heavy atom. The summed E-state index contributed by atoms with van der Waals surface area (Å²) in [7, 11) is 3.84. The fourth-order valence-corrected chi connectivity index (χ4v) is 2.30. The predicted molar refractivity (Wildman–Crippen MR) is 83.3 cm³/mol. The Labute approximate surface area is 125 Å². The molecule has 0 unspecified atom stereocenters. The molecule has 114 valence electrons. The molecule has 2 aromatic rings. The molecule has 6 nitrogen and oxygen atoms in total. The third-order valence-corrected chi connectivity index (χ3v) is 3.51. The smallest absolute Gasteiger partial charge is 0.320 e. The first-order chi connectivity index (χ1) is 9.95. The largest absolute Gasteiger partial charge is 0.354 e.